The summed E-state index contributed by atoms with van der Waals surface area (Å²) in [6, 6.07) is 18.7. The number of aryl methyl sites for hydroxylation is 1. The zero-order valence-electron chi connectivity index (χ0n) is 17.0. The number of nitrogens with zero attached hydrogens (tertiary/aromatic N) is 2. The molecule has 4 aromatic rings. The van der Waals surface area contributed by atoms with Crippen molar-refractivity contribution in [2.24, 2.45) is 0 Å². The molecule has 5 nitrogen and oxygen atoms in total. The van der Waals surface area contributed by atoms with Gasteiger partial charge in [0.05, 0.1) is 5.69 Å². The van der Waals surface area contributed by atoms with Gasteiger partial charge >= 0.3 is 0 Å². The Labute approximate surface area is 175 Å². The predicted molar refractivity (Wildman–Crippen MR) is 120 cm³/mol. The number of H-pyrrole nitrogens is 1. The first-order valence-electron chi connectivity index (χ1n) is 10.3. The zero-order valence-corrected chi connectivity index (χ0v) is 17.0. The lowest BCUT2D eigenvalue weighted by atomic mass is 10.0. The highest BCUT2D eigenvalue weighted by atomic mass is 16.5. The molecule has 3 heterocycles. The minimum absolute atomic E-state index is 0.564. The Bertz CT molecular complexity index is 1190. The topological polar surface area (TPSA) is 62.8 Å². The second-order valence-corrected chi connectivity index (χ2v) is 7.65. The van der Waals surface area contributed by atoms with Crippen LogP contribution >= 0.6 is 0 Å². The van der Waals surface area contributed by atoms with E-state index in [1.807, 2.05) is 12.1 Å². The summed E-state index contributed by atoms with van der Waals surface area (Å²) in [5.41, 5.74) is 7.74. The van der Waals surface area contributed by atoms with E-state index in [0.717, 1.165) is 53.2 Å². The third kappa shape index (κ3) is 3.84. The van der Waals surface area contributed by atoms with E-state index < -0.39 is 0 Å². The van der Waals surface area contributed by atoms with Crippen LogP contribution in [-0.4, -0.2) is 28.0 Å². The number of aromatic nitrogens is 3. The fourth-order valence-electron chi connectivity index (χ4n) is 3.77. The van der Waals surface area contributed by atoms with Crippen LogP contribution in [0.2, 0.25) is 0 Å². The molecule has 0 saturated heterocycles. The normalized spacial score (nSPS) is 14.0. The molecule has 0 unspecified atom stereocenters. The molecule has 2 aromatic heterocycles. The van der Waals surface area contributed by atoms with Gasteiger partial charge in [-0.25, -0.2) is 9.97 Å². The summed E-state index contributed by atoms with van der Waals surface area (Å²) in [7, 11) is 0. The van der Waals surface area contributed by atoms with Crippen molar-refractivity contribution < 1.29 is 4.74 Å². The van der Waals surface area contributed by atoms with Crippen molar-refractivity contribution in [1.82, 2.24) is 20.3 Å². The van der Waals surface area contributed by atoms with Crippen LogP contribution in [0.5, 0.6) is 5.75 Å². The minimum atomic E-state index is 0.564. The second-order valence-electron chi connectivity index (χ2n) is 7.65. The van der Waals surface area contributed by atoms with E-state index in [0.29, 0.717) is 6.61 Å². The van der Waals surface area contributed by atoms with Crippen molar-refractivity contribution in [3.05, 3.63) is 83.8 Å². The van der Waals surface area contributed by atoms with Crippen LogP contribution < -0.4 is 10.1 Å². The van der Waals surface area contributed by atoms with Gasteiger partial charge in [0.1, 0.15) is 24.3 Å². The van der Waals surface area contributed by atoms with Gasteiger partial charge in [-0.1, -0.05) is 35.9 Å². The summed E-state index contributed by atoms with van der Waals surface area (Å²) in [6.07, 6.45) is 4.85. The van der Waals surface area contributed by atoms with Gasteiger partial charge in [-0.2, -0.15) is 0 Å². The lowest BCUT2D eigenvalue weighted by Gasteiger charge is -2.13. The average Bonchev–Trinajstić information content (AvgIpc) is 3.24. The van der Waals surface area contributed by atoms with Crippen LogP contribution in [-0.2, 0) is 6.61 Å². The monoisotopic (exact) mass is 396 g/mol. The fraction of sp³-hybridized carbons (Fsp3) is 0.200. The number of ether oxygens (including phenoxy) is 1. The summed E-state index contributed by atoms with van der Waals surface area (Å²) in [5.74, 6) is 0.857. The van der Waals surface area contributed by atoms with Crippen LogP contribution in [0, 0.1) is 6.92 Å². The van der Waals surface area contributed by atoms with Gasteiger partial charge in [-0.15, -0.1) is 0 Å². The maximum absolute atomic E-state index is 5.93. The number of nitrogens with one attached hydrogen (secondary N) is 2. The van der Waals surface area contributed by atoms with Crippen molar-refractivity contribution in [3.63, 3.8) is 0 Å². The lowest BCUT2D eigenvalue weighted by molar-refractivity contribution is 0.306. The molecule has 0 bridgehead atoms. The minimum Gasteiger partial charge on any atom is -0.489 e. The van der Waals surface area contributed by atoms with E-state index in [1.165, 1.54) is 16.7 Å². The third-order valence-corrected chi connectivity index (χ3v) is 5.49. The first kappa shape index (κ1) is 18.6. The number of fused-ring (bicyclic) bond motifs is 1. The number of benzene rings is 2. The van der Waals surface area contributed by atoms with E-state index in [1.54, 1.807) is 6.33 Å². The molecule has 0 spiro atoms. The smallest absolute Gasteiger partial charge is 0.141 e. The summed E-state index contributed by atoms with van der Waals surface area (Å²) in [6.45, 7) is 4.53. The van der Waals surface area contributed by atoms with Crippen molar-refractivity contribution >= 4 is 16.6 Å². The van der Waals surface area contributed by atoms with Crippen LogP contribution in [0.25, 0.3) is 27.9 Å². The molecule has 150 valence electrons. The average molecular weight is 396 g/mol. The van der Waals surface area contributed by atoms with Crippen LogP contribution in [0.4, 0.5) is 0 Å². The maximum atomic E-state index is 5.93. The van der Waals surface area contributed by atoms with Crippen molar-refractivity contribution in [1.29, 1.82) is 0 Å². The standard InChI is InChI=1S/C25H24N4O/c1-17-2-4-18(5-3-17)15-30-21-8-6-19(7-9-21)23-14-22-24(20-10-12-26-13-11-20)27-16-28-25(22)29-23/h2-10,14,16,26H,11-13,15H2,1H3,(H,27,28,29). The molecule has 1 aliphatic rings. The Morgan fingerprint density at radius 1 is 1.00 bits per heavy atom. The molecule has 2 N–H and O–H groups in total. The number of hydrogen-bond donors (Lipinski definition) is 2. The van der Waals surface area contributed by atoms with Crippen molar-refractivity contribution in [2.45, 2.75) is 20.0 Å². The summed E-state index contributed by atoms with van der Waals surface area (Å²) in [5, 5.41) is 4.42. The molecule has 0 atom stereocenters. The Morgan fingerprint density at radius 3 is 2.60 bits per heavy atom. The van der Waals surface area contributed by atoms with Gasteiger partial charge in [-0.05, 0) is 66.9 Å². The van der Waals surface area contributed by atoms with Gasteiger partial charge < -0.3 is 15.0 Å². The molecule has 2 aromatic carbocycles. The molecule has 30 heavy (non-hydrogen) atoms. The highest BCUT2D eigenvalue weighted by Crippen LogP contribution is 2.30. The number of rotatable bonds is 5. The third-order valence-electron chi connectivity index (χ3n) is 5.49. The summed E-state index contributed by atoms with van der Waals surface area (Å²) in [4.78, 5) is 12.4. The second kappa shape index (κ2) is 8.13. The molecular formula is C25H24N4O. The van der Waals surface area contributed by atoms with Crippen LogP contribution in [0.3, 0.4) is 0 Å². The zero-order chi connectivity index (χ0) is 20.3. The first-order valence-corrected chi connectivity index (χ1v) is 10.3. The molecule has 5 rings (SSSR count). The lowest BCUT2D eigenvalue weighted by Crippen LogP contribution is -2.20. The van der Waals surface area contributed by atoms with Gasteiger partial charge in [-0.3, -0.25) is 0 Å². The molecule has 1 aliphatic heterocycles. The van der Waals surface area contributed by atoms with Crippen molar-refractivity contribution in [3.8, 4) is 17.0 Å². The fourth-order valence-corrected chi connectivity index (χ4v) is 3.77. The SMILES string of the molecule is Cc1ccc(COc2ccc(-c3cc4c(C5=CCNCC5)ncnc4[nH]3)cc2)cc1. The highest BCUT2D eigenvalue weighted by molar-refractivity contribution is 5.92. The van der Waals surface area contributed by atoms with Gasteiger partial charge in [0.15, 0.2) is 0 Å². The quantitative estimate of drug-likeness (QED) is 0.504. The molecule has 5 heteroatoms. The predicted octanol–water partition coefficient (Wildman–Crippen LogP) is 4.89. The van der Waals surface area contributed by atoms with Gasteiger partial charge in [0.2, 0.25) is 0 Å². The Balaban J connectivity index is 1.36. The number of hydrogen-bond acceptors (Lipinski definition) is 4. The maximum Gasteiger partial charge on any atom is 0.141 e. The van der Waals surface area contributed by atoms with Crippen LogP contribution in [0.1, 0.15) is 23.2 Å². The summed E-state index contributed by atoms with van der Waals surface area (Å²) >= 11 is 0. The molecule has 0 saturated carbocycles. The van der Waals surface area contributed by atoms with E-state index in [-0.39, 0.29) is 0 Å². The first-order chi connectivity index (χ1) is 14.8. The van der Waals surface area contributed by atoms with E-state index >= 15 is 0 Å². The Kier molecular flexibility index (Phi) is 5.03. The molecule has 0 amide bonds. The van der Waals surface area contributed by atoms with Gasteiger partial charge in [0, 0.05) is 17.6 Å². The van der Waals surface area contributed by atoms with Gasteiger partial charge in [0.25, 0.3) is 0 Å². The molecule has 0 aliphatic carbocycles. The largest absolute Gasteiger partial charge is 0.489 e. The molecule has 0 radical (unpaired) electrons. The highest BCUT2D eigenvalue weighted by Gasteiger charge is 2.14. The summed E-state index contributed by atoms with van der Waals surface area (Å²) < 4.78 is 5.93. The van der Waals surface area contributed by atoms with E-state index in [9.17, 15) is 0 Å². The van der Waals surface area contributed by atoms with Crippen molar-refractivity contribution in [2.75, 3.05) is 13.1 Å². The van der Waals surface area contributed by atoms with Crippen LogP contribution in [0.15, 0.2) is 67.0 Å². The van der Waals surface area contributed by atoms with E-state index in [2.05, 4.69) is 75.7 Å². The molecule has 0 fully saturated rings. The molecular weight excluding hydrogens is 372 g/mol. The number of aromatic amines is 1. The van der Waals surface area contributed by atoms with E-state index in [4.69, 9.17) is 4.74 Å². The Hall–Kier alpha value is -3.44. The Morgan fingerprint density at radius 2 is 1.83 bits per heavy atom.